The lowest BCUT2D eigenvalue weighted by Gasteiger charge is -2.10. The molecule has 0 unspecified atom stereocenters. The molecule has 2 aromatic rings. The minimum absolute atomic E-state index is 0.402. The first-order chi connectivity index (χ1) is 9.08. The maximum Gasteiger partial charge on any atom is 0.125 e. The van der Waals surface area contributed by atoms with Gasteiger partial charge in [-0.3, -0.25) is 0 Å². The van der Waals surface area contributed by atoms with Gasteiger partial charge in [0.05, 0.1) is 16.5 Å². The summed E-state index contributed by atoms with van der Waals surface area (Å²) >= 11 is 6.44. The van der Waals surface area contributed by atoms with Gasteiger partial charge >= 0.3 is 0 Å². The van der Waals surface area contributed by atoms with E-state index in [9.17, 15) is 0 Å². The average molecular weight is 292 g/mol. The van der Waals surface area contributed by atoms with Crippen molar-refractivity contribution >= 4 is 28.5 Å². The second kappa shape index (κ2) is 6.12. The fourth-order valence-corrected chi connectivity index (χ4v) is 2.74. The quantitative estimate of drug-likeness (QED) is 0.861. The average Bonchev–Trinajstić information content (AvgIpc) is 2.82. The molecule has 3 nitrogen and oxygen atoms in total. The molecule has 1 heterocycles. The number of thiocarbonyl (C=S) groups is 1. The van der Waals surface area contributed by atoms with E-state index in [4.69, 9.17) is 22.7 Å². The van der Waals surface area contributed by atoms with E-state index >= 15 is 0 Å². The maximum absolute atomic E-state index is 5.84. The van der Waals surface area contributed by atoms with E-state index in [1.165, 1.54) is 11.3 Å². The normalized spacial score (nSPS) is 10.4. The van der Waals surface area contributed by atoms with Gasteiger partial charge in [-0.05, 0) is 25.0 Å². The van der Waals surface area contributed by atoms with Crippen LogP contribution in [0, 0.1) is 13.8 Å². The highest BCUT2D eigenvalue weighted by atomic mass is 32.1. The third-order valence-corrected chi connectivity index (χ3v) is 4.21. The van der Waals surface area contributed by atoms with Crippen molar-refractivity contribution in [2.75, 3.05) is 6.61 Å². The van der Waals surface area contributed by atoms with Crippen LogP contribution in [0.25, 0.3) is 0 Å². The van der Waals surface area contributed by atoms with Crippen molar-refractivity contribution in [3.8, 4) is 5.75 Å². The first-order valence-electron chi connectivity index (χ1n) is 6.01. The molecule has 0 spiro atoms. The van der Waals surface area contributed by atoms with Gasteiger partial charge in [-0.15, -0.1) is 11.3 Å². The van der Waals surface area contributed by atoms with Crippen LogP contribution >= 0.6 is 23.6 Å². The maximum atomic E-state index is 5.84. The van der Waals surface area contributed by atoms with Crippen LogP contribution in [0.3, 0.4) is 0 Å². The molecule has 19 heavy (non-hydrogen) atoms. The molecule has 5 heteroatoms. The summed E-state index contributed by atoms with van der Waals surface area (Å²) in [4.78, 5) is 5.55. The summed E-state index contributed by atoms with van der Waals surface area (Å²) in [6, 6.07) is 6.14. The molecule has 0 saturated heterocycles. The van der Waals surface area contributed by atoms with E-state index in [2.05, 4.69) is 31.0 Å². The van der Waals surface area contributed by atoms with E-state index in [1.807, 2.05) is 6.07 Å². The molecule has 0 aliphatic carbocycles. The molecule has 1 aromatic heterocycles. The summed E-state index contributed by atoms with van der Waals surface area (Å²) in [6.07, 6.45) is 2.49. The zero-order valence-corrected chi connectivity index (χ0v) is 12.6. The van der Waals surface area contributed by atoms with Crippen LogP contribution in [-0.2, 0) is 6.42 Å². The molecule has 0 atom stereocenters. The van der Waals surface area contributed by atoms with E-state index in [0.717, 1.165) is 33.2 Å². The number of nitrogens with zero attached hydrogens (tertiary/aromatic N) is 1. The zero-order chi connectivity index (χ0) is 13.8. The van der Waals surface area contributed by atoms with E-state index in [0.29, 0.717) is 11.6 Å². The highest BCUT2D eigenvalue weighted by molar-refractivity contribution is 7.81. The summed E-state index contributed by atoms with van der Waals surface area (Å²) in [6.45, 7) is 4.71. The molecular weight excluding hydrogens is 276 g/mol. The standard InChI is InChI=1S/C14H16N2OS2/c1-9-4-3-5-10(2)13(9)17-7-6-12-16-8-11(19-12)14(15)18/h3-5,8H,6-7H2,1-2H3,(H2,15,18). The van der Waals surface area contributed by atoms with Crippen LogP contribution in [0.1, 0.15) is 21.0 Å². The molecule has 2 N–H and O–H groups in total. The Balaban J connectivity index is 1.94. The molecule has 0 saturated carbocycles. The highest BCUT2D eigenvalue weighted by Crippen LogP contribution is 2.22. The topological polar surface area (TPSA) is 48.1 Å². The van der Waals surface area contributed by atoms with Gasteiger partial charge in [0.2, 0.25) is 0 Å². The summed E-state index contributed by atoms with van der Waals surface area (Å²) in [5.74, 6) is 0.966. The minimum Gasteiger partial charge on any atom is -0.493 e. The summed E-state index contributed by atoms with van der Waals surface area (Å²) in [5.41, 5.74) is 7.87. The molecule has 2 rings (SSSR count). The van der Waals surface area contributed by atoms with Gasteiger partial charge in [-0.25, -0.2) is 4.98 Å². The van der Waals surface area contributed by atoms with Gasteiger partial charge in [0, 0.05) is 12.6 Å². The van der Waals surface area contributed by atoms with Crippen molar-refractivity contribution in [3.05, 3.63) is 45.4 Å². The van der Waals surface area contributed by atoms with Crippen LogP contribution in [0.4, 0.5) is 0 Å². The van der Waals surface area contributed by atoms with Crippen LogP contribution in [0.2, 0.25) is 0 Å². The molecule has 0 amide bonds. The Morgan fingerprint density at radius 2 is 2.05 bits per heavy atom. The number of nitrogens with two attached hydrogens (primary N) is 1. The zero-order valence-electron chi connectivity index (χ0n) is 11.0. The lowest BCUT2D eigenvalue weighted by atomic mass is 10.1. The van der Waals surface area contributed by atoms with Crippen LogP contribution in [0.15, 0.2) is 24.4 Å². The monoisotopic (exact) mass is 292 g/mol. The first kappa shape index (κ1) is 14.0. The lowest BCUT2D eigenvalue weighted by molar-refractivity contribution is 0.317. The summed E-state index contributed by atoms with van der Waals surface area (Å²) < 4.78 is 5.84. The molecule has 0 aliphatic rings. The number of ether oxygens (including phenoxy) is 1. The summed E-state index contributed by atoms with van der Waals surface area (Å²) in [5, 5.41) is 0.994. The first-order valence-corrected chi connectivity index (χ1v) is 7.24. The van der Waals surface area contributed by atoms with Crippen molar-refractivity contribution in [2.24, 2.45) is 5.73 Å². The van der Waals surface area contributed by atoms with Crippen molar-refractivity contribution in [1.29, 1.82) is 0 Å². The Morgan fingerprint density at radius 3 is 2.63 bits per heavy atom. The number of hydrogen-bond donors (Lipinski definition) is 1. The fourth-order valence-electron chi connectivity index (χ4n) is 1.81. The SMILES string of the molecule is Cc1cccc(C)c1OCCc1ncc(C(N)=S)s1. The number of rotatable bonds is 5. The Kier molecular flexibility index (Phi) is 4.50. The van der Waals surface area contributed by atoms with E-state index in [-0.39, 0.29) is 0 Å². The smallest absolute Gasteiger partial charge is 0.125 e. The lowest BCUT2D eigenvalue weighted by Crippen LogP contribution is -2.06. The van der Waals surface area contributed by atoms with Crippen LogP contribution < -0.4 is 10.5 Å². The Morgan fingerprint density at radius 1 is 1.37 bits per heavy atom. The molecule has 0 fully saturated rings. The predicted octanol–water partition coefficient (Wildman–Crippen LogP) is 3.02. The van der Waals surface area contributed by atoms with Crippen molar-refractivity contribution in [2.45, 2.75) is 20.3 Å². The highest BCUT2D eigenvalue weighted by Gasteiger charge is 2.06. The number of aromatic nitrogens is 1. The minimum atomic E-state index is 0.402. The Labute approximate surface area is 122 Å². The third-order valence-electron chi connectivity index (χ3n) is 2.77. The van der Waals surface area contributed by atoms with Crippen molar-refractivity contribution in [1.82, 2.24) is 4.98 Å². The van der Waals surface area contributed by atoms with Gasteiger partial charge in [0.1, 0.15) is 10.7 Å². The largest absolute Gasteiger partial charge is 0.493 e. The number of benzene rings is 1. The molecule has 0 bridgehead atoms. The Hall–Kier alpha value is -1.46. The number of para-hydroxylation sites is 1. The van der Waals surface area contributed by atoms with Gasteiger partial charge in [0.25, 0.3) is 0 Å². The van der Waals surface area contributed by atoms with E-state index < -0.39 is 0 Å². The number of thiazole rings is 1. The fraction of sp³-hybridized carbons (Fsp3) is 0.286. The second-order valence-corrected chi connectivity index (χ2v) is 5.86. The van der Waals surface area contributed by atoms with Crippen LogP contribution in [0.5, 0.6) is 5.75 Å². The van der Waals surface area contributed by atoms with Crippen molar-refractivity contribution in [3.63, 3.8) is 0 Å². The van der Waals surface area contributed by atoms with Crippen molar-refractivity contribution < 1.29 is 4.74 Å². The molecular formula is C14H16N2OS2. The van der Waals surface area contributed by atoms with Crippen LogP contribution in [-0.4, -0.2) is 16.6 Å². The number of hydrogen-bond acceptors (Lipinski definition) is 4. The molecule has 1 aromatic carbocycles. The molecule has 0 aliphatic heterocycles. The Bertz CT molecular complexity index is 573. The van der Waals surface area contributed by atoms with Gasteiger partial charge in [-0.2, -0.15) is 0 Å². The van der Waals surface area contributed by atoms with Gasteiger partial charge < -0.3 is 10.5 Å². The summed E-state index contributed by atoms with van der Waals surface area (Å²) in [7, 11) is 0. The molecule has 0 radical (unpaired) electrons. The second-order valence-electron chi connectivity index (χ2n) is 4.30. The van der Waals surface area contributed by atoms with Gasteiger partial charge in [-0.1, -0.05) is 30.4 Å². The number of aryl methyl sites for hydroxylation is 2. The predicted molar refractivity (Wildman–Crippen MR) is 83.1 cm³/mol. The van der Waals surface area contributed by atoms with Gasteiger partial charge in [0.15, 0.2) is 0 Å². The molecule has 100 valence electrons. The third kappa shape index (κ3) is 3.52. The van der Waals surface area contributed by atoms with E-state index in [1.54, 1.807) is 6.20 Å².